The number of nitrogens with one attached hydrogen (secondary N) is 1. The summed E-state index contributed by atoms with van der Waals surface area (Å²) in [6.45, 7) is 9.25. The van der Waals surface area contributed by atoms with Gasteiger partial charge in [0.05, 0.1) is 6.42 Å². The van der Waals surface area contributed by atoms with Crippen LogP contribution in [0.4, 0.5) is 0 Å². The highest BCUT2D eigenvalue weighted by Gasteiger charge is 2.15. The summed E-state index contributed by atoms with van der Waals surface area (Å²) in [5.41, 5.74) is 2.60. The van der Waals surface area contributed by atoms with Crippen LogP contribution >= 0.6 is 0 Å². The average molecular weight is 277 g/mol. The van der Waals surface area contributed by atoms with E-state index < -0.39 is 5.97 Å². The van der Waals surface area contributed by atoms with Gasteiger partial charge in [0, 0.05) is 12.6 Å². The summed E-state index contributed by atoms with van der Waals surface area (Å²) < 4.78 is 0. The maximum Gasteiger partial charge on any atom is 0.304 e. The van der Waals surface area contributed by atoms with E-state index in [2.05, 4.69) is 57.3 Å². The quantitative estimate of drug-likeness (QED) is 0.756. The normalized spacial score (nSPS) is 14.2. The third-order valence-corrected chi connectivity index (χ3v) is 3.85. The molecule has 0 saturated heterocycles. The fourth-order valence-corrected chi connectivity index (χ4v) is 2.34. The molecule has 0 aliphatic carbocycles. The Labute approximate surface area is 122 Å². The summed E-state index contributed by atoms with van der Waals surface area (Å²) in [5.74, 6) is 0.256. The van der Waals surface area contributed by atoms with Crippen molar-refractivity contribution in [2.45, 2.75) is 52.5 Å². The highest BCUT2D eigenvalue weighted by molar-refractivity contribution is 5.66. The molecule has 0 heterocycles. The molecule has 20 heavy (non-hydrogen) atoms. The van der Waals surface area contributed by atoms with E-state index in [1.165, 1.54) is 11.1 Å². The zero-order valence-electron chi connectivity index (χ0n) is 13.0. The third-order valence-electron chi connectivity index (χ3n) is 3.85. The van der Waals surface area contributed by atoms with Gasteiger partial charge < -0.3 is 10.4 Å². The standard InChI is InChI=1S/C17H27NO2/c1-5-13(4)14-6-8-15(9-7-14)17(12(2)3)18-11-10-16(19)20/h6-9,12-13,17-18H,5,10-11H2,1-4H3,(H,19,20). The molecule has 0 amide bonds. The van der Waals surface area contributed by atoms with Crippen molar-refractivity contribution in [1.29, 1.82) is 0 Å². The van der Waals surface area contributed by atoms with Gasteiger partial charge in [-0.2, -0.15) is 0 Å². The predicted molar refractivity (Wildman–Crippen MR) is 83.0 cm³/mol. The number of hydrogen-bond acceptors (Lipinski definition) is 2. The monoisotopic (exact) mass is 277 g/mol. The van der Waals surface area contributed by atoms with Crippen molar-refractivity contribution in [3.63, 3.8) is 0 Å². The van der Waals surface area contributed by atoms with Gasteiger partial charge >= 0.3 is 5.97 Å². The summed E-state index contributed by atoms with van der Waals surface area (Å²) in [4.78, 5) is 10.6. The molecule has 2 unspecified atom stereocenters. The maximum atomic E-state index is 10.6. The molecule has 1 aromatic carbocycles. The van der Waals surface area contributed by atoms with Gasteiger partial charge in [0.2, 0.25) is 0 Å². The van der Waals surface area contributed by atoms with Gasteiger partial charge in [-0.15, -0.1) is 0 Å². The zero-order chi connectivity index (χ0) is 15.1. The Morgan fingerprint density at radius 3 is 2.15 bits per heavy atom. The third kappa shape index (κ3) is 4.97. The average Bonchev–Trinajstić information content (AvgIpc) is 2.42. The highest BCUT2D eigenvalue weighted by Crippen LogP contribution is 2.25. The number of aliphatic carboxylic acids is 1. The van der Waals surface area contributed by atoms with Crippen LogP contribution in [-0.4, -0.2) is 17.6 Å². The summed E-state index contributed by atoms with van der Waals surface area (Å²) in [5, 5.41) is 12.1. The summed E-state index contributed by atoms with van der Waals surface area (Å²) >= 11 is 0. The molecule has 0 aromatic heterocycles. The van der Waals surface area contributed by atoms with E-state index in [1.54, 1.807) is 0 Å². The Morgan fingerprint density at radius 1 is 1.15 bits per heavy atom. The zero-order valence-corrected chi connectivity index (χ0v) is 13.0. The van der Waals surface area contributed by atoms with Gasteiger partial charge in [-0.05, 0) is 29.4 Å². The van der Waals surface area contributed by atoms with E-state index in [0.29, 0.717) is 18.4 Å². The summed E-state index contributed by atoms with van der Waals surface area (Å²) in [6.07, 6.45) is 1.30. The van der Waals surface area contributed by atoms with Crippen molar-refractivity contribution >= 4 is 5.97 Å². The number of hydrogen-bond donors (Lipinski definition) is 2. The predicted octanol–water partition coefficient (Wildman–Crippen LogP) is 3.96. The number of carboxylic acid groups (broad SMARTS) is 1. The Hall–Kier alpha value is -1.35. The summed E-state index contributed by atoms with van der Waals surface area (Å²) in [6, 6.07) is 8.93. The molecule has 2 atom stereocenters. The fourth-order valence-electron chi connectivity index (χ4n) is 2.34. The molecule has 0 saturated carbocycles. The Bertz CT molecular complexity index is 412. The molecule has 0 radical (unpaired) electrons. The minimum atomic E-state index is -0.757. The number of rotatable bonds is 8. The summed E-state index contributed by atoms with van der Waals surface area (Å²) in [7, 11) is 0. The molecule has 3 nitrogen and oxygen atoms in total. The smallest absolute Gasteiger partial charge is 0.304 e. The lowest BCUT2D eigenvalue weighted by Gasteiger charge is -2.23. The second-order valence-electron chi connectivity index (χ2n) is 5.80. The molecule has 2 N–H and O–H groups in total. The number of benzene rings is 1. The Balaban J connectivity index is 2.74. The first-order valence-corrected chi connectivity index (χ1v) is 7.50. The second-order valence-corrected chi connectivity index (χ2v) is 5.80. The first kappa shape index (κ1) is 16.7. The van der Waals surface area contributed by atoms with Crippen molar-refractivity contribution in [3.05, 3.63) is 35.4 Å². The van der Waals surface area contributed by atoms with Crippen LogP contribution in [0.1, 0.15) is 63.6 Å². The van der Waals surface area contributed by atoms with Crippen LogP contribution in [0.3, 0.4) is 0 Å². The molecule has 0 fully saturated rings. The molecule has 1 rings (SSSR count). The van der Waals surface area contributed by atoms with Crippen molar-refractivity contribution < 1.29 is 9.90 Å². The molecule has 112 valence electrons. The SMILES string of the molecule is CCC(C)c1ccc(C(NCCC(=O)O)C(C)C)cc1. The van der Waals surface area contributed by atoms with Gasteiger partial charge in [0.1, 0.15) is 0 Å². The van der Waals surface area contributed by atoms with Crippen molar-refractivity contribution in [2.75, 3.05) is 6.54 Å². The van der Waals surface area contributed by atoms with Gasteiger partial charge in [-0.25, -0.2) is 0 Å². The van der Waals surface area contributed by atoms with E-state index in [9.17, 15) is 4.79 Å². The van der Waals surface area contributed by atoms with Crippen LogP contribution in [0.25, 0.3) is 0 Å². The van der Waals surface area contributed by atoms with E-state index >= 15 is 0 Å². The molecule has 1 aromatic rings. The van der Waals surface area contributed by atoms with Gasteiger partial charge in [0.15, 0.2) is 0 Å². The van der Waals surface area contributed by atoms with E-state index in [-0.39, 0.29) is 12.5 Å². The van der Waals surface area contributed by atoms with Crippen molar-refractivity contribution in [3.8, 4) is 0 Å². The highest BCUT2D eigenvalue weighted by atomic mass is 16.4. The van der Waals surface area contributed by atoms with Crippen LogP contribution in [0.5, 0.6) is 0 Å². The molecular weight excluding hydrogens is 250 g/mol. The van der Waals surface area contributed by atoms with Crippen molar-refractivity contribution in [1.82, 2.24) is 5.32 Å². The molecule has 3 heteroatoms. The minimum absolute atomic E-state index is 0.161. The van der Waals surface area contributed by atoms with Gasteiger partial charge in [0.25, 0.3) is 0 Å². The number of carbonyl (C=O) groups is 1. The fraction of sp³-hybridized carbons (Fsp3) is 0.588. The topological polar surface area (TPSA) is 49.3 Å². The molecule has 0 spiro atoms. The molecule has 0 bridgehead atoms. The van der Waals surface area contributed by atoms with E-state index in [0.717, 1.165) is 6.42 Å². The lowest BCUT2D eigenvalue weighted by Crippen LogP contribution is -2.27. The Morgan fingerprint density at radius 2 is 1.70 bits per heavy atom. The van der Waals surface area contributed by atoms with Crippen LogP contribution in [-0.2, 0) is 4.79 Å². The first-order valence-electron chi connectivity index (χ1n) is 7.50. The molecule has 0 aliphatic heterocycles. The lowest BCUT2D eigenvalue weighted by molar-refractivity contribution is -0.136. The van der Waals surface area contributed by atoms with E-state index in [4.69, 9.17) is 5.11 Å². The second kappa shape index (κ2) is 8.05. The maximum absolute atomic E-state index is 10.6. The van der Waals surface area contributed by atoms with Crippen LogP contribution in [0, 0.1) is 5.92 Å². The van der Waals surface area contributed by atoms with Crippen molar-refractivity contribution in [2.24, 2.45) is 5.92 Å². The van der Waals surface area contributed by atoms with Crippen LogP contribution < -0.4 is 5.32 Å². The largest absolute Gasteiger partial charge is 0.481 e. The first-order chi connectivity index (χ1) is 9.45. The minimum Gasteiger partial charge on any atom is -0.481 e. The van der Waals surface area contributed by atoms with Gasteiger partial charge in [-0.1, -0.05) is 52.0 Å². The van der Waals surface area contributed by atoms with Crippen LogP contribution in [0.15, 0.2) is 24.3 Å². The van der Waals surface area contributed by atoms with E-state index in [1.807, 2.05) is 0 Å². The van der Waals surface area contributed by atoms with Crippen LogP contribution in [0.2, 0.25) is 0 Å². The van der Waals surface area contributed by atoms with Gasteiger partial charge in [-0.3, -0.25) is 4.79 Å². The Kier molecular flexibility index (Phi) is 6.73. The molecule has 0 aliphatic rings. The number of carboxylic acids is 1. The molecular formula is C17H27NO2. The lowest BCUT2D eigenvalue weighted by atomic mass is 9.92.